The van der Waals surface area contributed by atoms with Gasteiger partial charge in [-0.3, -0.25) is 14.9 Å². The number of nitro groups is 1. The Morgan fingerprint density at radius 1 is 1.44 bits per heavy atom. The molecule has 8 heteroatoms. The highest BCUT2D eigenvalue weighted by molar-refractivity contribution is 5.81. The van der Waals surface area contributed by atoms with Crippen LogP contribution < -0.4 is 16.0 Å². The fourth-order valence-corrected chi connectivity index (χ4v) is 1.26. The summed E-state index contributed by atoms with van der Waals surface area (Å²) in [6.45, 7) is 2.47. The van der Waals surface area contributed by atoms with Crippen LogP contribution in [-0.2, 0) is 4.79 Å². The van der Waals surface area contributed by atoms with Crippen molar-refractivity contribution in [3.8, 4) is 0 Å². The highest BCUT2D eigenvalue weighted by Gasteiger charge is 2.16. The zero-order valence-corrected chi connectivity index (χ0v) is 10.2. The van der Waals surface area contributed by atoms with Gasteiger partial charge in [-0.2, -0.15) is 0 Å². The minimum atomic E-state index is -0.547. The summed E-state index contributed by atoms with van der Waals surface area (Å²) in [6.07, 6.45) is 0. The van der Waals surface area contributed by atoms with Gasteiger partial charge >= 0.3 is 5.69 Å². The van der Waals surface area contributed by atoms with Crippen LogP contribution in [0, 0.1) is 10.1 Å². The number of carbonyl (C=O) groups is 1. The molecule has 0 aromatic carbocycles. The van der Waals surface area contributed by atoms with Crippen molar-refractivity contribution < 1.29 is 9.72 Å². The number of nitrogens with zero attached hydrogens (tertiary/aromatic N) is 2. The Bertz CT molecular complexity index is 449. The molecular formula is C10H15N5O3. The van der Waals surface area contributed by atoms with Crippen molar-refractivity contribution in [1.29, 1.82) is 0 Å². The molecule has 0 saturated carbocycles. The normalized spacial score (nSPS) is 9.67. The van der Waals surface area contributed by atoms with Crippen molar-refractivity contribution in [3.05, 3.63) is 22.2 Å². The van der Waals surface area contributed by atoms with Crippen LogP contribution in [0.1, 0.15) is 6.92 Å². The number of likely N-dealkylation sites (N-methyl/N-ethyl adjacent to an activating group) is 1. The van der Waals surface area contributed by atoms with Gasteiger partial charge in [-0.05, 0) is 13.0 Å². The van der Waals surface area contributed by atoms with E-state index in [1.807, 2.05) is 6.92 Å². The van der Waals surface area contributed by atoms with Crippen LogP contribution >= 0.6 is 0 Å². The SMILES string of the molecule is CCNc1ccc([N+](=O)[O-])c(NCC(=O)NC)n1. The van der Waals surface area contributed by atoms with Crippen molar-refractivity contribution in [2.75, 3.05) is 30.8 Å². The van der Waals surface area contributed by atoms with E-state index in [2.05, 4.69) is 20.9 Å². The average molecular weight is 253 g/mol. The molecule has 0 aliphatic heterocycles. The van der Waals surface area contributed by atoms with E-state index in [1.165, 1.54) is 19.2 Å². The first kappa shape index (κ1) is 13.7. The van der Waals surface area contributed by atoms with Crippen molar-refractivity contribution in [1.82, 2.24) is 10.3 Å². The summed E-state index contributed by atoms with van der Waals surface area (Å²) < 4.78 is 0. The average Bonchev–Trinajstić information content (AvgIpc) is 2.36. The molecule has 1 amide bonds. The zero-order valence-electron chi connectivity index (χ0n) is 10.2. The standard InChI is InChI=1S/C10H15N5O3/c1-3-12-8-5-4-7(15(17)18)10(14-8)13-6-9(16)11-2/h4-5H,3,6H2,1-2H3,(H,11,16)(H2,12,13,14). The summed E-state index contributed by atoms with van der Waals surface area (Å²) in [6, 6.07) is 2.86. The fraction of sp³-hybridized carbons (Fsp3) is 0.400. The van der Waals surface area contributed by atoms with Crippen LogP contribution in [0.4, 0.5) is 17.3 Å². The van der Waals surface area contributed by atoms with E-state index in [-0.39, 0.29) is 24.0 Å². The third-order valence-electron chi connectivity index (χ3n) is 2.12. The molecule has 1 aromatic heterocycles. The van der Waals surface area contributed by atoms with Crippen molar-refractivity contribution in [3.63, 3.8) is 0 Å². The number of nitrogens with one attached hydrogen (secondary N) is 3. The molecule has 0 aliphatic rings. The molecule has 18 heavy (non-hydrogen) atoms. The molecule has 0 bridgehead atoms. The Morgan fingerprint density at radius 3 is 2.72 bits per heavy atom. The number of hydrogen-bond acceptors (Lipinski definition) is 6. The van der Waals surface area contributed by atoms with Gasteiger partial charge in [0, 0.05) is 19.7 Å². The second-order valence-corrected chi connectivity index (χ2v) is 3.38. The summed E-state index contributed by atoms with van der Waals surface area (Å²) >= 11 is 0. The number of rotatable bonds is 6. The molecule has 0 unspecified atom stereocenters. The minimum Gasteiger partial charge on any atom is -0.370 e. The first-order valence-electron chi connectivity index (χ1n) is 5.42. The van der Waals surface area contributed by atoms with Crippen molar-refractivity contribution in [2.24, 2.45) is 0 Å². The molecule has 1 aromatic rings. The zero-order chi connectivity index (χ0) is 13.5. The van der Waals surface area contributed by atoms with Gasteiger partial charge in [0.05, 0.1) is 11.5 Å². The van der Waals surface area contributed by atoms with E-state index in [4.69, 9.17) is 0 Å². The Morgan fingerprint density at radius 2 is 2.17 bits per heavy atom. The van der Waals surface area contributed by atoms with Crippen LogP contribution in [0.5, 0.6) is 0 Å². The molecule has 0 saturated heterocycles. The lowest BCUT2D eigenvalue weighted by Crippen LogP contribution is -2.26. The second-order valence-electron chi connectivity index (χ2n) is 3.38. The molecular weight excluding hydrogens is 238 g/mol. The predicted octanol–water partition coefficient (Wildman–Crippen LogP) is 0.579. The molecule has 0 spiro atoms. The van der Waals surface area contributed by atoms with E-state index >= 15 is 0 Å². The summed E-state index contributed by atoms with van der Waals surface area (Å²) in [5.41, 5.74) is -0.166. The molecule has 98 valence electrons. The highest BCUT2D eigenvalue weighted by Crippen LogP contribution is 2.23. The highest BCUT2D eigenvalue weighted by atomic mass is 16.6. The van der Waals surface area contributed by atoms with Gasteiger partial charge in [0.1, 0.15) is 5.82 Å². The summed E-state index contributed by atoms with van der Waals surface area (Å²) in [5, 5.41) is 18.8. The Balaban J connectivity index is 2.92. The van der Waals surface area contributed by atoms with Gasteiger partial charge in [-0.1, -0.05) is 0 Å². The maximum Gasteiger partial charge on any atom is 0.311 e. The van der Waals surface area contributed by atoms with Crippen molar-refractivity contribution >= 4 is 23.2 Å². The molecule has 0 aliphatic carbocycles. The number of amides is 1. The Kier molecular flexibility index (Phi) is 4.85. The van der Waals surface area contributed by atoms with Gasteiger partial charge in [0.2, 0.25) is 11.7 Å². The predicted molar refractivity (Wildman–Crippen MR) is 67.6 cm³/mol. The number of aromatic nitrogens is 1. The summed E-state index contributed by atoms with van der Waals surface area (Å²) in [5.74, 6) is 0.310. The van der Waals surface area contributed by atoms with Crippen LogP contribution in [0.15, 0.2) is 12.1 Å². The number of pyridine rings is 1. The lowest BCUT2D eigenvalue weighted by atomic mass is 10.3. The first-order chi connectivity index (χ1) is 8.58. The number of anilines is 2. The summed E-state index contributed by atoms with van der Waals surface area (Å²) in [7, 11) is 1.49. The molecule has 3 N–H and O–H groups in total. The smallest absolute Gasteiger partial charge is 0.311 e. The van der Waals surface area contributed by atoms with Crippen LogP contribution in [-0.4, -0.2) is 36.0 Å². The Hall–Kier alpha value is -2.38. The third kappa shape index (κ3) is 3.58. The second kappa shape index (κ2) is 6.38. The molecule has 1 heterocycles. The van der Waals surface area contributed by atoms with Crippen LogP contribution in [0.25, 0.3) is 0 Å². The number of carbonyl (C=O) groups excluding carboxylic acids is 1. The van der Waals surface area contributed by atoms with E-state index < -0.39 is 4.92 Å². The quantitative estimate of drug-likeness (QED) is 0.505. The molecule has 1 rings (SSSR count). The van der Waals surface area contributed by atoms with E-state index in [1.54, 1.807) is 0 Å². The largest absolute Gasteiger partial charge is 0.370 e. The van der Waals surface area contributed by atoms with E-state index in [0.29, 0.717) is 12.4 Å². The maximum absolute atomic E-state index is 11.1. The first-order valence-corrected chi connectivity index (χ1v) is 5.42. The van der Waals surface area contributed by atoms with Crippen LogP contribution in [0.2, 0.25) is 0 Å². The molecule has 8 nitrogen and oxygen atoms in total. The topological polar surface area (TPSA) is 109 Å². The van der Waals surface area contributed by atoms with Gasteiger partial charge in [-0.15, -0.1) is 0 Å². The minimum absolute atomic E-state index is 0.0695. The van der Waals surface area contributed by atoms with E-state index in [9.17, 15) is 14.9 Å². The van der Waals surface area contributed by atoms with Gasteiger partial charge in [0.15, 0.2) is 0 Å². The molecule has 0 radical (unpaired) electrons. The summed E-state index contributed by atoms with van der Waals surface area (Å²) in [4.78, 5) is 25.4. The molecule has 0 atom stereocenters. The van der Waals surface area contributed by atoms with Gasteiger partial charge in [-0.25, -0.2) is 4.98 Å². The van der Waals surface area contributed by atoms with Crippen LogP contribution in [0.3, 0.4) is 0 Å². The maximum atomic E-state index is 11.1. The number of hydrogen-bond donors (Lipinski definition) is 3. The monoisotopic (exact) mass is 253 g/mol. The van der Waals surface area contributed by atoms with E-state index in [0.717, 1.165) is 0 Å². The van der Waals surface area contributed by atoms with Gasteiger partial charge < -0.3 is 16.0 Å². The lowest BCUT2D eigenvalue weighted by Gasteiger charge is -2.08. The fourth-order valence-electron chi connectivity index (χ4n) is 1.26. The van der Waals surface area contributed by atoms with Gasteiger partial charge in [0.25, 0.3) is 0 Å². The lowest BCUT2D eigenvalue weighted by molar-refractivity contribution is -0.384. The van der Waals surface area contributed by atoms with Crippen molar-refractivity contribution in [2.45, 2.75) is 6.92 Å². The third-order valence-corrected chi connectivity index (χ3v) is 2.12. The Labute approximate surface area is 104 Å². The molecule has 0 fully saturated rings.